The number of methoxy groups -OCH3 is 1. The highest BCUT2D eigenvalue weighted by Crippen LogP contribution is 2.24. The van der Waals surface area contributed by atoms with Gasteiger partial charge in [-0.1, -0.05) is 0 Å². The molecule has 1 amide bonds. The van der Waals surface area contributed by atoms with Crippen molar-refractivity contribution in [1.29, 1.82) is 0 Å². The lowest BCUT2D eigenvalue weighted by molar-refractivity contribution is 0.0724. The number of nitrogens with zero attached hydrogens (tertiary/aromatic N) is 3. The summed E-state index contributed by atoms with van der Waals surface area (Å²) in [7, 11) is 1.66. The third kappa shape index (κ3) is 2.97. The minimum Gasteiger partial charge on any atom is -0.497 e. The molecule has 5 nitrogen and oxygen atoms in total. The Morgan fingerprint density at radius 2 is 1.84 bits per heavy atom. The van der Waals surface area contributed by atoms with Gasteiger partial charge in [0, 0.05) is 30.4 Å². The number of rotatable bonds is 3. The number of benzene rings is 1. The van der Waals surface area contributed by atoms with Crippen LogP contribution < -0.4 is 4.74 Å². The number of amides is 1. The fourth-order valence-corrected chi connectivity index (χ4v) is 3.37. The van der Waals surface area contributed by atoms with E-state index in [4.69, 9.17) is 4.74 Å². The highest BCUT2D eigenvalue weighted by molar-refractivity contribution is 5.95. The van der Waals surface area contributed by atoms with Gasteiger partial charge in [-0.2, -0.15) is 0 Å². The van der Waals surface area contributed by atoms with Crippen LogP contribution in [0.5, 0.6) is 5.75 Å². The minimum atomic E-state index is 0.108. The van der Waals surface area contributed by atoms with Crippen LogP contribution in [-0.4, -0.2) is 40.4 Å². The van der Waals surface area contributed by atoms with Gasteiger partial charge in [0.25, 0.3) is 5.91 Å². The normalized spacial score (nSPS) is 14.7. The number of carbonyl (C=O) groups is 1. The predicted molar refractivity (Wildman–Crippen MR) is 96.9 cm³/mol. The third-order valence-electron chi connectivity index (χ3n) is 4.79. The van der Waals surface area contributed by atoms with Crippen molar-refractivity contribution in [2.75, 3.05) is 20.2 Å². The number of pyridine rings is 1. The first kappa shape index (κ1) is 15.7. The van der Waals surface area contributed by atoms with Crippen molar-refractivity contribution in [2.24, 2.45) is 0 Å². The highest BCUT2D eigenvalue weighted by atomic mass is 16.5. The zero-order valence-corrected chi connectivity index (χ0v) is 14.3. The van der Waals surface area contributed by atoms with Gasteiger partial charge in [0.15, 0.2) is 0 Å². The Balaban J connectivity index is 1.65. The van der Waals surface area contributed by atoms with Crippen molar-refractivity contribution in [3.05, 3.63) is 54.4 Å². The fourth-order valence-electron chi connectivity index (χ4n) is 3.37. The predicted octanol–water partition coefficient (Wildman–Crippen LogP) is 3.64. The van der Waals surface area contributed by atoms with E-state index in [2.05, 4.69) is 4.98 Å². The molecule has 25 heavy (non-hydrogen) atoms. The molecule has 5 heteroatoms. The monoisotopic (exact) mass is 335 g/mol. The average Bonchev–Trinajstić information content (AvgIpc) is 3.11. The van der Waals surface area contributed by atoms with Crippen LogP contribution in [0.2, 0.25) is 0 Å². The summed E-state index contributed by atoms with van der Waals surface area (Å²) < 4.78 is 7.22. The first-order chi connectivity index (χ1) is 12.3. The molecule has 1 fully saturated rings. The van der Waals surface area contributed by atoms with Crippen molar-refractivity contribution in [2.45, 2.75) is 19.3 Å². The van der Waals surface area contributed by atoms with Crippen LogP contribution in [0.25, 0.3) is 16.9 Å². The summed E-state index contributed by atoms with van der Waals surface area (Å²) in [4.78, 5) is 19.1. The summed E-state index contributed by atoms with van der Waals surface area (Å²) in [5.74, 6) is 0.934. The molecular formula is C20H21N3O2. The highest BCUT2D eigenvalue weighted by Gasteiger charge is 2.19. The second-order valence-electron chi connectivity index (χ2n) is 6.37. The van der Waals surface area contributed by atoms with Gasteiger partial charge in [-0.05, 0) is 55.7 Å². The van der Waals surface area contributed by atoms with Crippen LogP contribution in [-0.2, 0) is 0 Å². The molecule has 0 bridgehead atoms. The molecule has 1 aromatic carbocycles. The van der Waals surface area contributed by atoms with Gasteiger partial charge in [0.2, 0.25) is 0 Å². The van der Waals surface area contributed by atoms with E-state index < -0.39 is 0 Å². The van der Waals surface area contributed by atoms with Crippen molar-refractivity contribution in [3.8, 4) is 17.0 Å². The average molecular weight is 335 g/mol. The van der Waals surface area contributed by atoms with E-state index >= 15 is 0 Å². The number of carbonyl (C=O) groups excluding carboxylic acids is 1. The van der Waals surface area contributed by atoms with Crippen molar-refractivity contribution in [3.63, 3.8) is 0 Å². The summed E-state index contributed by atoms with van der Waals surface area (Å²) in [6, 6.07) is 11.7. The number of piperidine rings is 1. The van der Waals surface area contributed by atoms with Crippen LogP contribution in [0.1, 0.15) is 29.6 Å². The van der Waals surface area contributed by atoms with Crippen molar-refractivity contribution < 1.29 is 9.53 Å². The lowest BCUT2D eigenvalue weighted by Crippen LogP contribution is -2.35. The Morgan fingerprint density at radius 3 is 2.56 bits per heavy atom. The summed E-state index contributed by atoms with van der Waals surface area (Å²) in [5.41, 5.74) is 3.55. The largest absolute Gasteiger partial charge is 0.497 e. The fraction of sp³-hybridized carbons (Fsp3) is 0.300. The Labute approximate surface area is 146 Å². The number of fused-ring (bicyclic) bond motifs is 1. The number of hydrogen-bond acceptors (Lipinski definition) is 3. The second-order valence-corrected chi connectivity index (χ2v) is 6.37. The molecule has 1 aliphatic heterocycles. The van der Waals surface area contributed by atoms with E-state index in [0.717, 1.165) is 48.6 Å². The van der Waals surface area contributed by atoms with Crippen LogP contribution in [0, 0.1) is 0 Å². The molecule has 0 unspecified atom stereocenters. The molecule has 1 saturated heterocycles. The van der Waals surface area contributed by atoms with Crippen molar-refractivity contribution in [1.82, 2.24) is 14.3 Å². The quantitative estimate of drug-likeness (QED) is 0.734. The van der Waals surface area contributed by atoms with Gasteiger partial charge in [0.05, 0.1) is 19.0 Å². The summed E-state index contributed by atoms with van der Waals surface area (Å²) >= 11 is 0. The molecule has 0 saturated carbocycles. The maximum Gasteiger partial charge on any atom is 0.254 e. The van der Waals surface area contributed by atoms with Gasteiger partial charge in [-0.15, -0.1) is 0 Å². The van der Waals surface area contributed by atoms with Gasteiger partial charge in [-0.25, -0.2) is 4.98 Å². The van der Waals surface area contributed by atoms with E-state index in [-0.39, 0.29) is 5.91 Å². The zero-order chi connectivity index (χ0) is 17.2. The third-order valence-corrected chi connectivity index (χ3v) is 4.79. The smallest absolute Gasteiger partial charge is 0.254 e. The Morgan fingerprint density at radius 1 is 1.08 bits per heavy atom. The topological polar surface area (TPSA) is 46.8 Å². The van der Waals surface area contributed by atoms with Gasteiger partial charge in [-0.3, -0.25) is 9.20 Å². The second kappa shape index (κ2) is 6.59. The molecule has 1 aliphatic rings. The molecule has 0 radical (unpaired) electrons. The molecule has 0 spiro atoms. The van der Waals surface area contributed by atoms with E-state index in [1.165, 1.54) is 6.42 Å². The lowest BCUT2D eigenvalue weighted by Gasteiger charge is -2.26. The summed E-state index contributed by atoms with van der Waals surface area (Å²) in [6.07, 6.45) is 7.18. The summed E-state index contributed by atoms with van der Waals surface area (Å²) in [5, 5.41) is 0. The zero-order valence-electron chi connectivity index (χ0n) is 14.3. The Bertz CT molecular complexity index is 893. The molecule has 4 rings (SSSR count). The number of likely N-dealkylation sites (tertiary alicyclic amines) is 1. The molecule has 128 valence electrons. The first-order valence-corrected chi connectivity index (χ1v) is 8.67. The SMILES string of the molecule is COc1ccc(-c2cnc3cc(C(=O)N4CCCCC4)ccn23)cc1. The molecule has 2 aromatic heterocycles. The first-order valence-electron chi connectivity index (χ1n) is 8.67. The standard InChI is InChI=1S/C20H21N3O2/c1-25-17-7-5-15(6-8-17)18-14-21-19-13-16(9-12-23(18)19)20(24)22-10-3-2-4-11-22/h5-9,12-14H,2-4,10-11H2,1H3. The van der Waals surface area contributed by atoms with Gasteiger partial charge in [0.1, 0.15) is 11.4 Å². The van der Waals surface area contributed by atoms with Gasteiger partial charge < -0.3 is 9.64 Å². The van der Waals surface area contributed by atoms with E-state index in [0.29, 0.717) is 5.56 Å². The van der Waals surface area contributed by atoms with Crippen LogP contribution in [0.3, 0.4) is 0 Å². The number of imidazole rings is 1. The Kier molecular flexibility index (Phi) is 4.14. The molecular weight excluding hydrogens is 314 g/mol. The minimum absolute atomic E-state index is 0.108. The van der Waals surface area contributed by atoms with Crippen LogP contribution in [0.4, 0.5) is 0 Å². The molecule has 0 N–H and O–H groups in total. The van der Waals surface area contributed by atoms with E-state index in [1.807, 2.05) is 58.1 Å². The number of ether oxygens (including phenoxy) is 1. The maximum absolute atomic E-state index is 12.7. The summed E-state index contributed by atoms with van der Waals surface area (Å²) in [6.45, 7) is 1.71. The van der Waals surface area contributed by atoms with E-state index in [1.54, 1.807) is 7.11 Å². The van der Waals surface area contributed by atoms with Crippen LogP contribution in [0.15, 0.2) is 48.8 Å². The van der Waals surface area contributed by atoms with Crippen molar-refractivity contribution >= 4 is 11.6 Å². The molecule has 3 aromatic rings. The van der Waals surface area contributed by atoms with E-state index in [9.17, 15) is 4.79 Å². The molecule has 3 heterocycles. The Hall–Kier alpha value is -2.82. The van der Waals surface area contributed by atoms with Crippen LogP contribution >= 0.6 is 0 Å². The van der Waals surface area contributed by atoms with Gasteiger partial charge >= 0.3 is 0 Å². The molecule has 0 atom stereocenters. The molecule has 0 aliphatic carbocycles. The number of hydrogen-bond donors (Lipinski definition) is 0. The maximum atomic E-state index is 12.7. The lowest BCUT2D eigenvalue weighted by atomic mass is 10.1. The number of aromatic nitrogens is 2.